The second kappa shape index (κ2) is 8.06. The lowest BCUT2D eigenvalue weighted by molar-refractivity contribution is 0.180. The normalized spacial score (nSPS) is 13.4. The first-order valence-electron chi connectivity index (χ1n) is 4.95. The van der Waals surface area contributed by atoms with Gasteiger partial charge in [-0.2, -0.15) is 0 Å². The second-order valence-electron chi connectivity index (χ2n) is 3.41. The Morgan fingerprint density at radius 2 is 1.55 bits per heavy atom. The molecule has 11 heavy (non-hydrogen) atoms. The average molecular weight is 158 g/mol. The summed E-state index contributed by atoms with van der Waals surface area (Å²) in [5.74, 6) is 0. The van der Waals surface area contributed by atoms with E-state index in [1.807, 2.05) is 6.92 Å². The average Bonchev–Trinajstić information content (AvgIpc) is 1.96. The Labute approximate surface area is 70.8 Å². The van der Waals surface area contributed by atoms with E-state index < -0.39 is 0 Å². The van der Waals surface area contributed by atoms with Crippen molar-refractivity contribution in [1.29, 1.82) is 0 Å². The number of rotatable bonds is 7. The SMILES string of the molecule is CCCCCCCC[C@@H](C)O. The molecule has 0 rings (SSSR count). The molecule has 0 aromatic carbocycles. The molecule has 0 radical (unpaired) electrons. The van der Waals surface area contributed by atoms with Crippen LogP contribution in [-0.4, -0.2) is 11.2 Å². The van der Waals surface area contributed by atoms with Crippen molar-refractivity contribution in [3.63, 3.8) is 0 Å². The highest BCUT2D eigenvalue weighted by Crippen LogP contribution is 2.07. The Morgan fingerprint density at radius 3 is 2.09 bits per heavy atom. The predicted molar refractivity (Wildman–Crippen MR) is 49.7 cm³/mol. The first-order chi connectivity index (χ1) is 5.27. The van der Waals surface area contributed by atoms with Crippen molar-refractivity contribution in [3.8, 4) is 0 Å². The van der Waals surface area contributed by atoms with E-state index in [2.05, 4.69) is 6.92 Å². The van der Waals surface area contributed by atoms with Gasteiger partial charge in [0, 0.05) is 0 Å². The van der Waals surface area contributed by atoms with Crippen LogP contribution in [0.25, 0.3) is 0 Å². The van der Waals surface area contributed by atoms with Crippen molar-refractivity contribution in [2.75, 3.05) is 0 Å². The van der Waals surface area contributed by atoms with Crippen molar-refractivity contribution in [1.82, 2.24) is 0 Å². The van der Waals surface area contributed by atoms with Gasteiger partial charge >= 0.3 is 0 Å². The molecule has 0 saturated carbocycles. The standard InChI is InChI=1S/C10H22O/c1-3-4-5-6-7-8-9-10(2)11/h10-11H,3-9H2,1-2H3/t10-/m1/s1. The van der Waals surface area contributed by atoms with E-state index >= 15 is 0 Å². The number of aliphatic hydroxyl groups is 1. The van der Waals surface area contributed by atoms with Gasteiger partial charge in [-0.25, -0.2) is 0 Å². The maximum absolute atomic E-state index is 8.96. The van der Waals surface area contributed by atoms with E-state index in [1.54, 1.807) is 0 Å². The molecule has 0 spiro atoms. The van der Waals surface area contributed by atoms with Gasteiger partial charge in [0.2, 0.25) is 0 Å². The van der Waals surface area contributed by atoms with Gasteiger partial charge in [-0.3, -0.25) is 0 Å². The maximum Gasteiger partial charge on any atom is 0.0512 e. The summed E-state index contributed by atoms with van der Waals surface area (Å²) in [6.45, 7) is 4.10. The first kappa shape index (κ1) is 11.0. The monoisotopic (exact) mass is 158 g/mol. The van der Waals surface area contributed by atoms with Crippen LogP contribution < -0.4 is 0 Å². The van der Waals surface area contributed by atoms with Gasteiger partial charge in [0.05, 0.1) is 6.10 Å². The quantitative estimate of drug-likeness (QED) is 0.564. The zero-order valence-corrected chi connectivity index (χ0v) is 7.97. The van der Waals surface area contributed by atoms with Crippen LogP contribution in [0.1, 0.15) is 58.8 Å². The van der Waals surface area contributed by atoms with E-state index in [0.717, 1.165) is 6.42 Å². The van der Waals surface area contributed by atoms with Gasteiger partial charge in [0.25, 0.3) is 0 Å². The Hall–Kier alpha value is -0.0400. The highest BCUT2D eigenvalue weighted by atomic mass is 16.3. The summed E-state index contributed by atoms with van der Waals surface area (Å²) in [7, 11) is 0. The lowest BCUT2D eigenvalue weighted by Gasteiger charge is -2.02. The van der Waals surface area contributed by atoms with Crippen molar-refractivity contribution < 1.29 is 5.11 Å². The summed E-state index contributed by atoms with van der Waals surface area (Å²) in [4.78, 5) is 0. The van der Waals surface area contributed by atoms with Crippen LogP contribution in [0.3, 0.4) is 0 Å². The zero-order chi connectivity index (χ0) is 8.53. The third kappa shape index (κ3) is 9.96. The molecular formula is C10H22O. The van der Waals surface area contributed by atoms with Crippen LogP contribution >= 0.6 is 0 Å². The van der Waals surface area contributed by atoms with Crippen molar-refractivity contribution in [2.24, 2.45) is 0 Å². The lowest BCUT2D eigenvalue weighted by Crippen LogP contribution is -1.98. The Bertz CT molecular complexity index is 69.3. The maximum atomic E-state index is 8.96. The van der Waals surface area contributed by atoms with Gasteiger partial charge in [-0.05, 0) is 13.3 Å². The molecule has 0 aliphatic carbocycles. The zero-order valence-electron chi connectivity index (χ0n) is 7.97. The van der Waals surface area contributed by atoms with E-state index in [1.165, 1.54) is 38.5 Å². The van der Waals surface area contributed by atoms with Gasteiger partial charge in [0.15, 0.2) is 0 Å². The van der Waals surface area contributed by atoms with Crippen molar-refractivity contribution >= 4 is 0 Å². The molecular weight excluding hydrogens is 136 g/mol. The molecule has 1 atom stereocenters. The summed E-state index contributed by atoms with van der Waals surface area (Å²) in [5, 5.41) is 8.96. The van der Waals surface area contributed by atoms with Crippen LogP contribution in [0.2, 0.25) is 0 Å². The van der Waals surface area contributed by atoms with Crippen LogP contribution in [-0.2, 0) is 0 Å². The molecule has 0 amide bonds. The van der Waals surface area contributed by atoms with Gasteiger partial charge in [0.1, 0.15) is 0 Å². The molecule has 0 aromatic heterocycles. The van der Waals surface area contributed by atoms with Crippen LogP contribution in [0.5, 0.6) is 0 Å². The highest BCUT2D eigenvalue weighted by Gasteiger charge is 1.94. The molecule has 0 aromatic rings. The van der Waals surface area contributed by atoms with E-state index in [9.17, 15) is 0 Å². The topological polar surface area (TPSA) is 20.2 Å². The van der Waals surface area contributed by atoms with Gasteiger partial charge in [-0.15, -0.1) is 0 Å². The van der Waals surface area contributed by atoms with Gasteiger partial charge < -0.3 is 5.11 Å². The predicted octanol–water partition coefficient (Wildman–Crippen LogP) is 3.12. The molecule has 1 N–H and O–H groups in total. The first-order valence-corrected chi connectivity index (χ1v) is 4.95. The Kier molecular flexibility index (Phi) is 8.03. The summed E-state index contributed by atoms with van der Waals surface area (Å²) < 4.78 is 0. The molecule has 0 aliphatic rings. The van der Waals surface area contributed by atoms with E-state index in [4.69, 9.17) is 5.11 Å². The van der Waals surface area contributed by atoms with Crippen molar-refractivity contribution in [2.45, 2.75) is 64.9 Å². The molecule has 1 nitrogen and oxygen atoms in total. The number of hydrogen-bond donors (Lipinski definition) is 1. The molecule has 0 heterocycles. The fourth-order valence-corrected chi connectivity index (χ4v) is 1.22. The fraction of sp³-hybridized carbons (Fsp3) is 1.00. The Morgan fingerprint density at radius 1 is 1.00 bits per heavy atom. The van der Waals surface area contributed by atoms with E-state index in [0.29, 0.717) is 0 Å². The molecule has 0 fully saturated rings. The summed E-state index contributed by atoms with van der Waals surface area (Å²) >= 11 is 0. The molecule has 1 heteroatoms. The minimum absolute atomic E-state index is 0.0961. The Balaban J connectivity index is 2.80. The lowest BCUT2D eigenvalue weighted by atomic mass is 10.1. The van der Waals surface area contributed by atoms with Crippen LogP contribution in [0.4, 0.5) is 0 Å². The second-order valence-corrected chi connectivity index (χ2v) is 3.41. The summed E-state index contributed by atoms with van der Waals surface area (Å²) in [5.41, 5.74) is 0. The van der Waals surface area contributed by atoms with Gasteiger partial charge in [-0.1, -0.05) is 45.4 Å². The van der Waals surface area contributed by atoms with E-state index in [-0.39, 0.29) is 6.10 Å². The summed E-state index contributed by atoms with van der Waals surface area (Å²) in [6.07, 6.45) is 8.78. The molecule has 0 saturated heterocycles. The number of unbranched alkanes of at least 4 members (excludes halogenated alkanes) is 5. The van der Waals surface area contributed by atoms with Crippen molar-refractivity contribution in [3.05, 3.63) is 0 Å². The smallest absolute Gasteiger partial charge is 0.0512 e. The van der Waals surface area contributed by atoms with Crippen LogP contribution in [0, 0.1) is 0 Å². The number of hydrogen-bond acceptors (Lipinski definition) is 1. The largest absolute Gasteiger partial charge is 0.393 e. The number of aliphatic hydroxyl groups excluding tert-OH is 1. The van der Waals surface area contributed by atoms with Crippen LogP contribution in [0.15, 0.2) is 0 Å². The summed E-state index contributed by atoms with van der Waals surface area (Å²) in [6, 6.07) is 0. The molecule has 0 bridgehead atoms. The highest BCUT2D eigenvalue weighted by molar-refractivity contribution is 4.48. The molecule has 0 unspecified atom stereocenters. The third-order valence-corrected chi connectivity index (χ3v) is 1.98. The third-order valence-electron chi connectivity index (χ3n) is 1.98. The molecule has 68 valence electrons. The fourth-order valence-electron chi connectivity index (χ4n) is 1.22. The minimum atomic E-state index is -0.0961. The minimum Gasteiger partial charge on any atom is -0.393 e. The molecule has 0 aliphatic heterocycles.